The van der Waals surface area contributed by atoms with Crippen molar-refractivity contribution in [3.63, 3.8) is 0 Å². The molecule has 12 aromatic rings. The molecule has 131 heavy (non-hydrogen) atoms. The van der Waals surface area contributed by atoms with Gasteiger partial charge in [0.15, 0.2) is 58.2 Å². The molecule has 0 atom stereocenters. The summed E-state index contributed by atoms with van der Waals surface area (Å²) in [6, 6.07) is 50.5. The number of rotatable bonds is 27. The fourth-order valence-corrected chi connectivity index (χ4v) is 17.3. The fourth-order valence-electron chi connectivity index (χ4n) is 16.9. The van der Waals surface area contributed by atoms with E-state index in [9.17, 15) is 70.3 Å². The molecule has 4 aromatic heterocycles. The number of aliphatic hydroxyl groups excluding tert-OH is 4. The van der Waals surface area contributed by atoms with Gasteiger partial charge in [-0.05, 0) is 142 Å². The number of amides is 4. The Hall–Kier alpha value is -12.0. The van der Waals surface area contributed by atoms with Crippen LogP contribution in [0.4, 0.5) is 54.0 Å². The van der Waals surface area contributed by atoms with Crippen LogP contribution in [-0.4, -0.2) is 83.9 Å². The second-order valence-corrected chi connectivity index (χ2v) is 35.1. The molecular formula is C103H106F7IN12O8. The summed E-state index contributed by atoms with van der Waals surface area (Å²) in [5.41, 5.74) is 13.2. The Morgan fingerprint density at radius 1 is 0.313 bits per heavy atom. The van der Waals surface area contributed by atoms with Crippen molar-refractivity contribution in [2.45, 2.75) is 200 Å². The largest absolute Gasteiger partial charge is 0.392 e. The highest BCUT2D eigenvalue weighted by molar-refractivity contribution is 14.1. The van der Waals surface area contributed by atoms with E-state index in [2.05, 4.69) is 68.8 Å². The number of aromatic nitrogens is 8. The van der Waals surface area contributed by atoms with Gasteiger partial charge < -0.3 is 41.7 Å². The average Bonchev–Trinajstić information content (AvgIpc) is 0.794. The van der Waals surface area contributed by atoms with Gasteiger partial charge in [0.2, 0.25) is 23.5 Å². The van der Waals surface area contributed by atoms with Gasteiger partial charge in [-0.25, -0.2) is 70.6 Å². The number of benzene rings is 8. The normalized spacial score (nSPS) is 14.3. The van der Waals surface area contributed by atoms with E-state index in [1.807, 2.05) is 115 Å². The van der Waals surface area contributed by atoms with E-state index in [0.717, 1.165) is 158 Å². The minimum absolute atomic E-state index is 0.0172. The monoisotopic (exact) mass is 1900 g/mol. The zero-order valence-corrected chi connectivity index (χ0v) is 74.9. The number of carbonyl (C=O) groups excluding carboxylic acids is 4. The third kappa shape index (κ3) is 27.8. The van der Waals surface area contributed by atoms with Crippen molar-refractivity contribution in [2.24, 2.45) is 23.7 Å². The van der Waals surface area contributed by atoms with Gasteiger partial charge in [0.05, 0.1) is 116 Å². The van der Waals surface area contributed by atoms with Gasteiger partial charge in [-0.15, -0.1) is 0 Å². The SMILES string of the molecule is O=C(Cc1c(F)c(F)c(F)c(F)c1F)Nc1ncc(-c2ccc(CO)cc2)nc1CC1CCCCC1.O=C(Cc1ccc(F)c(F)c1)Nc1ncc(-c2ccc(CO)cc2)nc1CC1CCCCC1.O=C(Cc1ccc(I)cc1)Nc1ncc(-c2ccc(CO)cc2)nc1CC1CCCCC1.O=C(Nc1ncc(-c2ccc(CO)cc2)nc1CC1CCCCC1)c1ccccc1. The van der Waals surface area contributed by atoms with Crippen LogP contribution in [0.2, 0.25) is 0 Å². The molecule has 0 radical (unpaired) electrons. The van der Waals surface area contributed by atoms with Gasteiger partial charge in [-0.1, -0.05) is 262 Å². The van der Waals surface area contributed by atoms with Crippen LogP contribution in [0.15, 0.2) is 195 Å². The maximum atomic E-state index is 14.0. The van der Waals surface area contributed by atoms with Crippen LogP contribution in [0, 0.1) is 68.0 Å². The van der Waals surface area contributed by atoms with Gasteiger partial charge in [0.1, 0.15) is 0 Å². The van der Waals surface area contributed by atoms with Crippen LogP contribution in [-0.2, 0) is 85.8 Å². The number of anilines is 4. The summed E-state index contributed by atoms with van der Waals surface area (Å²) < 4.78 is 96.3. The molecule has 8 aromatic carbocycles. The van der Waals surface area contributed by atoms with Crippen molar-refractivity contribution in [1.82, 2.24) is 39.9 Å². The Bertz CT molecular complexity index is 5800. The molecule has 4 aliphatic carbocycles. The van der Waals surface area contributed by atoms with Crippen LogP contribution < -0.4 is 21.3 Å². The van der Waals surface area contributed by atoms with E-state index in [4.69, 9.17) is 15.0 Å². The second-order valence-electron chi connectivity index (χ2n) is 33.9. The molecule has 4 saturated carbocycles. The quantitative estimate of drug-likeness (QED) is 0.0103. The molecule has 0 bridgehead atoms. The van der Waals surface area contributed by atoms with Crippen molar-refractivity contribution in [3.8, 4) is 45.0 Å². The van der Waals surface area contributed by atoms with E-state index in [0.29, 0.717) is 82.2 Å². The second kappa shape index (κ2) is 48.3. The van der Waals surface area contributed by atoms with E-state index in [1.165, 1.54) is 95.7 Å². The van der Waals surface area contributed by atoms with Crippen LogP contribution in [0.3, 0.4) is 0 Å². The number of nitrogens with one attached hydrogen (secondary N) is 4. The lowest BCUT2D eigenvalue weighted by Gasteiger charge is -2.22. The first-order chi connectivity index (χ1) is 63.6. The highest BCUT2D eigenvalue weighted by Crippen LogP contribution is 2.36. The molecule has 16 rings (SSSR count). The Morgan fingerprint density at radius 2 is 0.595 bits per heavy atom. The lowest BCUT2D eigenvalue weighted by molar-refractivity contribution is -0.116. The number of carbonyl (C=O) groups is 4. The van der Waals surface area contributed by atoms with E-state index in [1.54, 1.807) is 55.0 Å². The molecule has 4 fully saturated rings. The Balaban J connectivity index is 0.000000149. The number of hydrogen-bond acceptors (Lipinski definition) is 16. The molecular weight excluding hydrogens is 1790 g/mol. The molecule has 4 amide bonds. The number of nitrogens with zero attached hydrogens (tertiary/aromatic N) is 8. The van der Waals surface area contributed by atoms with Crippen molar-refractivity contribution in [2.75, 3.05) is 21.3 Å². The van der Waals surface area contributed by atoms with Crippen LogP contribution in [0.5, 0.6) is 0 Å². The van der Waals surface area contributed by atoms with Gasteiger partial charge in [-0.3, -0.25) is 19.2 Å². The topological polar surface area (TPSA) is 300 Å². The Labute approximate surface area is 770 Å². The summed E-state index contributed by atoms with van der Waals surface area (Å²) in [6.45, 7) is -0.0948. The molecule has 0 aliphatic heterocycles. The number of aliphatic hydroxyl groups is 4. The predicted octanol–water partition coefficient (Wildman–Crippen LogP) is 21.4. The molecule has 0 unspecified atom stereocenters. The summed E-state index contributed by atoms with van der Waals surface area (Å²) in [5.74, 6) is -10.5. The van der Waals surface area contributed by atoms with Gasteiger partial charge in [0, 0.05) is 37.0 Å². The zero-order valence-electron chi connectivity index (χ0n) is 72.7. The molecule has 4 heterocycles. The lowest BCUT2D eigenvalue weighted by Crippen LogP contribution is -2.21. The minimum atomic E-state index is -2.28. The number of halogens is 8. The van der Waals surface area contributed by atoms with Gasteiger partial charge >= 0.3 is 0 Å². The highest BCUT2D eigenvalue weighted by atomic mass is 127. The summed E-state index contributed by atoms with van der Waals surface area (Å²) in [7, 11) is 0. The summed E-state index contributed by atoms with van der Waals surface area (Å²) in [6.07, 6.45) is 32.1. The predicted molar refractivity (Wildman–Crippen MR) is 498 cm³/mol. The zero-order chi connectivity index (χ0) is 92.1. The summed E-state index contributed by atoms with van der Waals surface area (Å²) in [5, 5.41) is 48.3. The maximum Gasteiger partial charge on any atom is 0.256 e. The molecule has 682 valence electrons. The first kappa shape index (κ1) is 96.6. The standard InChI is InChI=1S/C26H24F5N3O2.C26H27F2N3O2.C26H28IN3O2.C25H27N3O2/c27-21-17(22(28)24(30)25(31)23(21)29)11-20(36)34-26-18(10-14-4-2-1-3-5-14)33-19(12-32-26)16-8-6-15(13-35)7-9-16;27-21-11-8-19(12-22(21)28)14-25(33)31-26-23(13-17-4-2-1-3-5-17)30-24(15-29-26)20-9-6-18(16-32)7-10-20;27-22-12-8-19(9-13-22)15-25(32)30-26-23(14-18-4-2-1-3-5-18)29-24(16-28-26)21-10-6-20(17-31)7-11-21;29-17-19-11-13-20(14-12-19)23-16-26-24(28-25(30)21-9-5-2-6-10-21)22(27-23)15-18-7-3-1-4-8-18/h6-9,12,14,35H,1-5,10-11,13H2,(H,32,34,36);6-12,15,17,32H,1-5,13-14,16H2,(H,29,31,33);6-13,16,18,31H,1-5,14-15,17H2,(H,28,30,32);2,5-6,9-14,16,18,29H,1,3-4,7-8,15,17H2,(H,26,28,30). The Kier molecular flexibility index (Phi) is 35.6. The van der Waals surface area contributed by atoms with Gasteiger partial charge in [-0.2, -0.15) is 0 Å². The fraction of sp³-hybridized carbons (Fsp3) is 0.340. The number of hydrogen-bond donors (Lipinski definition) is 8. The minimum Gasteiger partial charge on any atom is -0.392 e. The van der Waals surface area contributed by atoms with Gasteiger partial charge in [0.25, 0.3) is 5.91 Å². The van der Waals surface area contributed by atoms with Crippen LogP contribution >= 0.6 is 22.6 Å². The molecule has 0 spiro atoms. The molecule has 0 saturated heterocycles. The lowest BCUT2D eigenvalue weighted by atomic mass is 9.86. The van der Waals surface area contributed by atoms with Crippen molar-refractivity contribution < 1.29 is 70.3 Å². The van der Waals surface area contributed by atoms with Crippen molar-refractivity contribution in [1.29, 1.82) is 0 Å². The third-order valence-electron chi connectivity index (χ3n) is 24.2. The molecule has 20 nitrogen and oxygen atoms in total. The summed E-state index contributed by atoms with van der Waals surface area (Å²) in [4.78, 5) is 88.0. The van der Waals surface area contributed by atoms with Crippen molar-refractivity contribution >= 4 is 69.5 Å². The summed E-state index contributed by atoms with van der Waals surface area (Å²) >= 11 is 2.26. The first-order valence-corrected chi connectivity index (χ1v) is 45.9. The van der Waals surface area contributed by atoms with Crippen LogP contribution in [0.25, 0.3) is 45.0 Å². The third-order valence-corrected chi connectivity index (χ3v) is 25.0. The van der Waals surface area contributed by atoms with E-state index < -0.39 is 58.6 Å². The average molecular weight is 1900 g/mol. The maximum absolute atomic E-state index is 14.0. The highest BCUT2D eigenvalue weighted by Gasteiger charge is 2.30. The molecule has 28 heteroatoms. The van der Waals surface area contributed by atoms with E-state index in [-0.39, 0.29) is 56.4 Å². The van der Waals surface area contributed by atoms with Crippen LogP contribution in [0.1, 0.15) is 200 Å². The Morgan fingerprint density at radius 3 is 0.908 bits per heavy atom. The smallest absolute Gasteiger partial charge is 0.256 e. The molecule has 8 N–H and O–H groups in total. The van der Waals surface area contributed by atoms with Crippen molar-refractivity contribution in [3.05, 3.63) is 306 Å². The first-order valence-electron chi connectivity index (χ1n) is 44.8. The van der Waals surface area contributed by atoms with E-state index >= 15 is 0 Å². The molecule has 4 aliphatic rings.